The molecule has 0 saturated carbocycles. The van der Waals surface area contributed by atoms with Gasteiger partial charge in [0.25, 0.3) is 5.91 Å². The molecule has 1 amide bonds. The second-order valence-electron chi connectivity index (χ2n) is 6.27. The lowest BCUT2D eigenvalue weighted by atomic mass is 9.94. The summed E-state index contributed by atoms with van der Waals surface area (Å²) in [6.45, 7) is 0. The van der Waals surface area contributed by atoms with E-state index in [1.54, 1.807) is 30.5 Å². The van der Waals surface area contributed by atoms with E-state index in [0.29, 0.717) is 16.8 Å². The first-order valence-electron chi connectivity index (χ1n) is 8.44. The van der Waals surface area contributed by atoms with Crippen molar-refractivity contribution >= 4 is 27.5 Å². The maximum atomic E-state index is 13.1. The molecular formula is C21H16BrN3O2. The van der Waals surface area contributed by atoms with Crippen LogP contribution >= 0.6 is 15.9 Å². The zero-order chi connectivity index (χ0) is 18.9. The van der Waals surface area contributed by atoms with Crippen LogP contribution in [0.3, 0.4) is 0 Å². The quantitative estimate of drug-likeness (QED) is 0.696. The van der Waals surface area contributed by atoms with Gasteiger partial charge in [-0.05, 0) is 29.8 Å². The topological polar surface area (TPSA) is 65.8 Å². The maximum absolute atomic E-state index is 13.1. The maximum Gasteiger partial charge on any atom is 0.278 e. The molecule has 1 aliphatic rings. The van der Waals surface area contributed by atoms with Crippen molar-refractivity contribution in [1.82, 2.24) is 9.99 Å². The number of hydrazone groups is 1. The minimum atomic E-state index is -1.56. The molecule has 5 nitrogen and oxygen atoms in total. The molecule has 0 aliphatic carbocycles. The van der Waals surface area contributed by atoms with Gasteiger partial charge in [-0.15, -0.1) is 0 Å². The Labute approximate surface area is 165 Å². The van der Waals surface area contributed by atoms with Crippen molar-refractivity contribution in [2.75, 3.05) is 0 Å². The Morgan fingerprint density at radius 3 is 2.44 bits per heavy atom. The summed E-state index contributed by atoms with van der Waals surface area (Å²) in [5.41, 5.74) is 0.919. The van der Waals surface area contributed by atoms with Gasteiger partial charge in [-0.3, -0.25) is 9.78 Å². The standard InChI is InChI=1S/C21H16BrN3O2/c22-18-10-8-15(9-11-18)19-13-21(27,17-6-2-1-3-7-17)25(24-19)20(26)16-5-4-12-23-14-16/h1-12,14,27H,13H2. The van der Waals surface area contributed by atoms with Crippen molar-refractivity contribution in [2.24, 2.45) is 5.10 Å². The molecular weight excluding hydrogens is 406 g/mol. The van der Waals surface area contributed by atoms with Crippen LogP contribution in [-0.2, 0) is 5.72 Å². The fourth-order valence-corrected chi connectivity index (χ4v) is 3.37. The number of amides is 1. The second kappa shape index (κ2) is 7.06. The fraction of sp³-hybridized carbons (Fsp3) is 0.0952. The van der Waals surface area contributed by atoms with Crippen molar-refractivity contribution in [3.05, 3.63) is 100 Å². The number of rotatable bonds is 3. The van der Waals surface area contributed by atoms with E-state index in [1.165, 1.54) is 6.20 Å². The molecule has 4 rings (SSSR count). The van der Waals surface area contributed by atoms with E-state index in [4.69, 9.17) is 0 Å². The highest BCUT2D eigenvalue weighted by Gasteiger charge is 2.46. The monoisotopic (exact) mass is 421 g/mol. The van der Waals surface area contributed by atoms with Crippen LogP contribution in [0.15, 0.2) is 88.7 Å². The molecule has 27 heavy (non-hydrogen) atoms. The summed E-state index contributed by atoms with van der Waals surface area (Å²) >= 11 is 3.42. The molecule has 1 unspecified atom stereocenters. The molecule has 1 atom stereocenters. The third-order valence-electron chi connectivity index (χ3n) is 4.50. The van der Waals surface area contributed by atoms with Gasteiger partial charge in [0.1, 0.15) is 0 Å². The van der Waals surface area contributed by atoms with Gasteiger partial charge in [0.15, 0.2) is 5.72 Å². The van der Waals surface area contributed by atoms with Crippen LogP contribution in [0.25, 0.3) is 0 Å². The van der Waals surface area contributed by atoms with Crippen LogP contribution in [0, 0.1) is 0 Å². The van der Waals surface area contributed by atoms with Gasteiger partial charge in [-0.25, -0.2) is 0 Å². The minimum absolute atomic E-state index is 0.199. The lowest BCUT2D eigenvalue weighted by Crippen LogP contribution is -2.43. The number of aliphatic hydroxyl groups is 1. The molecule has 0 saturated heterocycles. The third-order valence-corrected chi connectivity index (χ3v) is 5.03. The highest BCUT2D eigenvalue weighted by atomic mass is 79.9. The molecule has 1 N–H and O–H groups in total. The van der Waals surface area contributed by atoms with Crippen LogP contribution in [0.1, 0.15) is 27.9 Å². The highest BCUT2D eigenvalue weighted by Crippen LogP contribution is 2.37. The van der Waals surface area contributed by atoms with E-state index in [9.17, 15) is 9.90 Å². The summed E-state index contributed by atoms with van der Waals surface area (Å²) in [5.74, 6) is -0.401. The summed E-state index contributed by atoms with van der Waals surface area (Å²) in [4.78, 5) is 17.1. The molecule has 0 radical (unpaired) electrons. The summed E-state index contributed by atoms with van der Waals surface area (Å²) in [6, 6.07) is 20.1. The number of carbonyl (C=O) groups is 1. The van der Waals surface area contributed by atoms with Crippen molar-refractivity contribution in [2.45, 2.75) is 12.1 Å². The number of hydrogen-bond donors (Lipinski definition) is 1. The van der Waals surface area contributed by atoms with Crippen LogP contribution in [0.4, 0.5) is 0 Å². The van der Waals surface area contributed by atoms with Crippen molar-refractivity contribution in [3.63, 3.8) is 0 Å². The van der Waals surface area contributed by atoms with Crippen molar-refractivity contribution in [3.8, 4) is 0 Å². The normalized spacial score (nSPS) is 19.0. The van der Waals surface area contributed by atoms with E-state index in [-0.39, 0.29) is 6.42 Å². The number of aromatic nitrogens is 1. The molecule has 3 aromatic rings. The smallest absolute Gasteiger partial charge is 0.278 e. The molecule has 2 aromatic carbocycles. The van der Waals surface area contributed by atoms with E-state index in [1.807, 2.05) is 42.5 Å². The minimum Gasteiger partial charge on any atom is -0.365 e. The molecule has 0 fully saturated rings. The van der Waals surface area contributed by atoms with E-state index in [0.717, 1.165) is 15.0 Å². The summed E-state index contributed by atoms with van der Waals surface area (Å²) in [6.07, 6.45) is 3.27. The van der Waals surface area contributed by atoms with Crippen LogP contribution in [0.5, 0.6) is 0 Å². The largest absolute Gasteiger partial charge is 0.365 e. The first-order valence-corrected chi connectivity index (χ1v) is 9.23. The first-order chi connectivity index (χ1) is 13.1. The molecule has 0 bridgehead atoms. The average molecular weight is 422 g/mol. The number of benzene rings is 2. The Bertz CT molecular complexity index is 991. The summed E-state index contributed by atoms with van der Waals surface area (Å²) < 4.78 is 0.950. The zero-order valence-corrected chi connectivity index (χ0v) is 15.9. The molecule has 1 aliphatic heterocycles. The number of nitrogens with zero attached hydrogens (tertiary/aromatic N) is 3. The van der Waals surface area contributed by atoms with Gasteiger partial charge in [0, 0.05) is 28.9 Å². The molecule has 134 valence electrons. The zero-order valence-electron chi connectivity index (χ0n) is 14.3. The highest BCUT2D eigenvalue weighted by molar-refractivity contribution is 9.10. The number of hydrogen-bond acceptors (Lipinski definition) is 4. The molecule has 2 heterocycles. The van der Waals surface area contributed by atoms with Crippen LogP contribution in [-0.4, -0.2) is 26.7 Å². The third kappa shape index (κ3) is 3.29. The predicted octanol–water partition coefficient (Wildman–Crippen LogP) is 3.94. The van der Waals surface area contributed by atoms with E-state index < -0.39 is 11.6 Å². The predicted molar refractivity (Wildman–Crippen MR) is 106 cm³/mol. The number of halogens is 1. The van der Waals surface area contributed by atoms with Gasteiger partial charge in [0.2, 0.25) is 0 Å². The lowest BCUT2D eigenvalue weighted by molar-refractivity contribution is -0.0765. The number of carbonyl (C=O) groups excluding carboxylic acids is 1. The Hall–Kier alpha value is -2.83. The van der Waals surface area contributed by atoms with E-state index >= 15 is 0 Å². The number of pyridine rings is 1. The van der Waals surface area contributed by atoms with Crippen LogP contribution in [0.2, 0.25) is 0 Å². The van der Waals surface area contributed by atoms with Gasteiger partial charge in [0.05, 0.1) is 11.3 Å². The lowest BCUT2D eigenvalue weighted by Gasteiger charge is -2.31. The Kier molecular flexibility index (Phi) is 4.59. The Morgan fingerprint density at radius 1 is 1.04 bits per heavy atom. The molecule has 1 aromatic heterocycles. The molecule has 0 spiro atoms. The summed E-state index contributed by atoms with van der Waals surface area (Å²) in [7, 11) is 0. The second-order valence-corrected chi connectivity index (χ2v) is 7.19. The Balaban J connectivity index is 1.79. The van der Waals surface area contributed by atoms with Gasteiger partial charge in [-0.2, -0.15) is 10.1 Å². The van der Waals surface area contributed by atoms with Crippen LogP contribution < -0.4 is 0 Å². The van der Waals surface area contributed by atoms with Gasteiger partial charge in [-0.1, -0.05) is 58.4 Å². The first kappa shape index (κ1) is 17.6. The van der Waals surface area contributed by atoms with E-state index in [2.05, 4.69) is 26.0 Å². The van der Waals surface area contributed by atoms with Crippen molar-refractivity contribution < 1.29 is 9.90 Å². The van der Waals surface area contributed by atoms with Gasteiger partial charge >= 0.3 is 0 Å². The Morgan fingerprint density at radius 2 is 1.78 bits per heavy atom. The SMILES string of the molecule is O=C(c1cccnc1)N1N=C(c2ccc(Br)cc2)CC1(O)c1ccccc1. The van der Waals surface area contributed by atoms with Crippen molar-refractivity contribution in [1.29, 1.82) is 0 Å². The average Bonchev–Trinajstić information content (AvgIpc) is 3.08. The fourth-order valence-electron chi connectivity index (χ4n) is 3.10. The summed E-state index contributed by atoms with van der Waals surface area (Å²) in [5, 5.41) is 17.2. The molecule has 6 heteroatoms. The van der Waals surface area contributed by atoms with Gasteiger partial charge < -0.3 is 5.11 Å².